The van der Waals surface area contributed by atoms with Gasteiger partial charge in [0, 0.05) is 35.9 Å². The molecule has 3 N–H and O–H groups in total. The summed E-state index contributed by atoms with van der Waals surface area (Å²) < 4.78 is 10.0. The van der Waals surface area contributed by atoms with Gasteiger partial charge in [-0.05, 0) is 18.6 Å². The van der Waals surface area contributed by atoms with Crippen molar-refractivity contribution in [2.24, 2.45) is 0 Å². The van der Waals surface area contributed by atoms with Crippen molar-refractivity contribution >= 4 is 38.8 Å². The molecule has 3 heterocycles. The Labute approximate surface area is 179 Å². The highest BCUT2D eigenvalue weighted by Gasteiger charge is 2.11. The maximum absolute atomic E-state index is 5.82. The van der Waals surface area contributed by atoms with Crippen molar-refractivity contribution in [3.8, 4) is 0 Å². The Morgan fingerprint density at radius 1 is 1.00 bits per heavy atom. The van der Waals surface area contributed by atoms with Crippen LogP contribution in [0.5, 0.6) is 0 Å². The molecule has 2 aromatic carbocycles. The van der Waals surface area contributed by atoms with E-state index in [4.69, 9.17) is 10.5 Å². The van der Waals surface area contributed by atoms with Crippen LogP contribution in [0.2, 0.25) is 0 Å². The number of hydrogen-bond acceptors (Lipinski definition) is 6. The minimum absolute atomic E-state index is 0.376. The second-order valence-electron chi connectivity index (χ2n) is 7.57. The Hall–Kier alpha value is -3.49. The number of anilines is 1. The van der Waals surface area contributed by atoms with Crippen LogP contribution in [0, 0.1) is 6.92 Å². The summed E-state index contributed by atoms with van der Waals surface area (Å²) in [5.41, 5.74) is 11.0. The Balaban J connectivity index is 1.17. The molecule has 31 heavy (non-hydrogen) atoms. The Morgan fingerprint density at radius 2 is 1.87 bits per heavy atom. The number of rotatable bonds is 8. The third-order valence-corrected chi connectivity index (χ3v) is 5.59. The van der Waals surface area contributed by atoms with E-state index in [0.29, 0.717) is 30.3 Å². The molecular weight excluding hydrogens is 390 g/mol. The summed E-state index contributed by atoms with van der Waals surface area (Å²) in [7, 11) is 0. The molecule has 0 aliphatic heterocycles. The van der Waals surface area contributed by atoms with Gasteiger partial charge in [0.05, 0.1) is 18.5 Å². The van der Waals surface area contributed by atoms with Gasteiger partial charge < -0.3 is 20.4 Å². The second-order valence-corrected chi connectivity index (χ2v) is 7.57. The van der Waals surface area contributed by atoms with Gasteiger partial charge in [-0.3, -0.25) is 4.57 Å². The zero-order chi connectivity index (χ0) is 21.2. The summed E-state index contributed by atoms with van der Waals surface area (Å²) in [5.74, 6) is 0.380. The number of fused-ring (bicyclic) bond motifs is 4. The number of imidazole rings is 1. The van der Waals surface area contributed by atoms with Crippen LogP contribution in [0.1, 0.15) is 5.56 Å². The van der Waals surface area contributed by atoms with Crippen molar-refractivity contribution in [1.29, 1.82) is 0 Å². The zero-order valence-corrected chi connectivity index (χ0v) is 17.5. The number of nitrogens with zero attached hydrogens (tertiary/aromatic N) is 5. The van der Waals surface area contributed by atoms with Crippen LogP contribution in [0.4, 0.5) is 5.82 Å². The number of nitrogens with two attached hydrogens (primary N) is 1. The molecule has 5 rings (SSSR count). The lowest BCUT2D eigenvalue weighted by molar-refractivity contribution is 0.0811. The van der Waals surface area contributed by atoms with Crippen LogP contribution < -0.4 is 11.1 Å². The van der Waals surface area contributed by atoms with Crippen LogP contribution in [-0.4, -0.2) is 43.8 Å². The Kier molecular flexibility index (Phi) is 5.23. The van der Waals surface area contributed by atoms with Crippen molar-refractivity contribution in [2.45, 2.75) is 20.2 Å². The predicted molar refractivity (Wildman–Crippen MR) is 123 cm³/mol. The van der Waals surface area contributed by atoms with Gasteiger partial charge in [-0.2, -0.15) is 0 Å². The lowest BCUT2D eigenvalue weighted by Crippen LogP contribution is -2.24. The molecule has 0 saturated carbocycles. The molecule has 3 aromatic heterocycles. The van der Waals surface area contributed by atoms with E-state index in [1.165, 1.54) is 33.7 Å². The van der Waals surface area contributed by atoms with Crippen LogP contribution in [-0.2, 0) is 18.0 Å². The van der Waals surface area contributed by atoms with Gasteiger partial charge in [0.1, 0.15) is 18.6 Å². The summed E-state index contributed by atoms with van der Waals surface area (Å²) >= 11 is 0. The predicted octanol–water partition coefficient (Wildman–Crippen LogP) is 3.09. The minimum Gasteiger partial charge on any atom is -0.382 e. The lowest BCUT2D eigenvalue weighted by atomic mass is 10.1. The quantitative estimate of drug-likeness (QED) is 0.378. The number of nitrogens with one attached hydrogen (secondary N) is 1. The average Bonchev–Trinajstić information content (AvgIpc) is 3.34. The van der Waals surface area contributed by atoms with Crippen LogP contribution in [0.25, 0.3) is 33.0 Å². The fourth-order valence-electron chi connectivity index (χ4n) is 4.14. The normalized spacial score (nSPS) is 11.8. The SMILES string of the molecule is Cc1cccc2c3ccccc3n(CCNCCOCn3cnc4c(N)ncnc43)c12. The summed E-state index contributed by atoms with van der Waals surface area (Å²) in [6.45, 7) is 5.67. The molecule has 8 nitrogen and oxygen atoms in total. The van der Waals surface area contributed by atoms with Gasteiger partial charge in [0.25, 0.3) is 0 Å². The van der Waals surface area contributed by atoms with Gasteiger partial charge in [0.2, 0.25) is 0 Å². The maximum atomic E-state index is 5.82. The summed E-state index contributed by atoms with van der Waals surface area (Å²) in [4.78, 5) is 12.4. The van der Waals surface area contributed by atoms with E-state index in [1.54, 1.807) is 6.33 Å². The lowest BCUT2D eigenvalue weighted by Gasteiger charge is -2.11. The molecule has 158 valence electrons. The second kappa shape index (κ2) is 8.33. The van der Waals surface area contributed by atoms with Gasteiger partial charge in [0.15, 0.2) is 11.5 Å². The van der Waals surface area contributed by atoms with Crippen LogP contribution in [0.15, 0.2) is 55.1 Å². The molecule has 0 atom stereocenters. The largest absolute Gasteiger partial charge is 0.382 e. The van der Waals surface area contributed by atoms with E-state index in [-0.39, 0.29) is 0 Å². The number of aryl methyl sites for hydroxylation is 1. The van der Waals surface area contributed by atoms with Crippen LogP contribution in [0.3, 0.4) is 0 Å². The number of nitrogen functional groups attached to an aromatic ring is 1. The number of benzene rings is 2. The number of para-hydroxylation sites is 2. The first-order valence-electron chi connectivity index (χ1n) is 10.4. The Bertz CT molecular complexity index is 1350. The molecular formula is C23H25N7O. The summed E-state index contributed by atoms with van der Waals surface area (Å²) in [6, 6.07) is 15.1. The van der Waals surface area contributed by atoms with Crippen molar-refractivity contribution in [3.05, 3.63) is 60.7 Å². The fourth-order valence-corrected chi connectivity index (χ4v) is 4.14. The van der Waals surface area contributed by atoms with Gasteiger partial charge in [-0.15, -0.1) is 0 Å². The first-order valence-corrected chi connectivity index (χ1v) is 10.4. The smallest absolute Gasteiger partial charge is 0.167 e. The molecule has 0 spiro atoms. The first-order chi connectivity index (χ1) is 15.2. The summed E-state index contributed by atoms with van der Waals surface area (Å²) in [6.07, 6.45) is 3.11. The molecule has 0 bridgehead atoms. The number of ether oxygens (including phenoxy) is 1. The highest BCUT2D eigenvalue weighted by atomic mass is 16.5. The van der Waals surface area contributed by atoms with Crippen molar-refractivity contribution in [2.75, 3.05) is 25.4 Å². The van der Waals surface area contributed by atoms with Gasteiger partial charge >= 0.3 is 0 Å². The van der Waals surface area contributed by atoms with Crippen molar-refractivity contribution in [3.63, 3.8) is 0 Å². The fraction of sp³-hybridized carbons (Fsp3) is 0.261. The molecule has 8 heteroatoms. The van der Waals surface area contributed by atoms with Gasteiger partial charge in [-0.1, -0.05) is 36.4 Å². The molecule has 0 saturated heterocycles. The molecule has 0 fully saturated rings. The summed E-state index contributed by atoms with van der Waals surface area (Å²) in [5, 5.41) is 6.11. The van der Waals surface area contributed by atoms with E-state index >= 15 is 0 Å². The topological polar surface area (TPSA) is 95.8 Å². The number of hydrogen-bond donors (Lipinski definition) is 2. The van der Waals surface area contributed by atoms with E-state index < -0.39 is 0 Å². The average molecular weight is 416 g/mol. The molecule has 0 aliphatic carbocycles. The van der Waals surface area contributed by atoms with Crippen molar-refractivity contribution in [1.82, 2.24) is 29.4 Å². The number of aromatic nitrogens is 5. The maximum Gasteiger partial charge on any atom is 0.167 e. The third-order valence-electron chi connectivity index (χ3n) is 5.59. The molecule has 5 aromatic rings. The molecule has 0 aliphatic rings. The highest BCUT2D eigenvalue weighted by Crippen LogP contribution is 2.30. The highest BCUT2D eigenvalue weighted by molar-refractivity contribution is 6.09. The monoisotopic (exact) mass is 415 g/mol. The minimum atomic E-state index is 0.376. The van der Waals surface area contributed by atoms with Crippen LogP contribution >= 0.6 is 0 Å². The third kappa shape index (κ3) is 3.60. The van der Waals surface area contributed by atoms with E-state index in [2.05, 4.69) is 74.2 Å². The molecule has 0 radical (unpaired) electrons. The zero-order valence-electron chi connectivity index (χ0n) is 17.5. The Morgan fingerprint density at radius 3 is 2.81 bits per heavy atom. The van der Waals surface area contributed by atoms with Crippen molar-refractivity contribution < 1.29 is 4.74 Å². The first kappa shape index (κ1) is 19.5. The molecule has 0 unspecified atom stereocenters. The van der Waals surface area contributed by atoms with Gasteiger partial charge in [-0.25, -0.2) is 15.0 Å². The van der Waals surface area contributed by atoms with E-state index in [9.17, 15) is 0 Å². The van der Waals surface area contributed by atoms with E-state index in [1.807, 2.05) is 4.57 Å². The van der Waals surface area contributed by atoms with E-state index in [0.717, 1.165) is 19.6 Å². The molecule has 0 amide bonds. The standard InChI is InChI=1S/C23H25N7O/c1-16-5-4-7-18-17-6-2-3-8-19(17)30(21(16)18)11-9-25-10-12-31-15-29-14-28-20-22(24)26-13-27-23(20)29/h2-8,13-14,25H,9-12,15H2,1H3,(H2,24,26,27).